The van der Waals surface area contributed by atoms with Crippen molar-refractivity contribution in [3.8, 4) is 5.75 Å². The summed E-state index contributed by atoms with van der Waals surface area (Å²) in [7, 11) is 0. The Morgan fingerprint density at radius 2 is 1.89 bits per heavy atom. The van der Waals surface area contributed by atoms with Crippen LogP contribution in [0.15, 0.2) is 18.2 Å². The quantitative estimate of drug-likeness (QED) is 0.659. The second-order valence-electron chi connectivity index (χ2n) is 4.74. The van der Waals surface area contributed by atoms with E-state index in [0.717, 1.165) is 32.7 Å². The molecule has 0 radical (unpaired) electrons. The molecule has 0 amide bonds. The van der Waals surface area contributed by atoms with Gasteiger partial charge in [-0.2, -0.15) is 0 Å². The van der Waals surface area contributed by atoms with E-state index >= 15 is 0 Å². The lowest BCUT2D eigenvalue weighted by Crippen LogP contribution is -2.45. The van der Waals surface area contributed by atoms with E-state index in [1.165, 1.54) is 18.2 Å². The molecule has 1 aromatic carbocycles. The van der Waals surface area contributed by atoms with Crippen molar-refractivity contribution >= 4 is 5.69 Å². The fourth-order valence-electron chi connectivity index (χ4n) is 2.38. The number of rotatable bonds is 4. The molecule has 19 heavy (non-hydrogen) atoms. The molecule has 1 N–H and O–H groups in total. The maximum absolute atomic E-state index is 11.0. The van der Waals surface area contributed by atoms with Crippen LogP contribution in [0.4, 0.5) is 5.69 Å². The van der Waals surface area contributed by atoms with Crippen molar-refractivity contribution in [2.24, 2.45) is 0 Å². The molecule has 0 aromatic heterocycles. The SMILES string of the molecule is CCN1CCN(Cc2c(O)cccc2[N+](=O)[O-])CC1. The van der Waals surface area contributed by atoms with Crippen molar-refractivity contribution in [3.63, 3.8) is 0 Å². The third-order valence-electron chi connectivity index (χ3n) is 3.62. The summed E-state index contributed by atoms with van der Waals surface area (Å²) < 4.78 is 0. The third kappa shape index (κ3) is 3.21. The molecule has 6 heteroatoms. The summed E-state index contributed by atoms with van der Waals surface area (Å²) in [5.41, 5.74) is 0.412. The fourth-order valence-corrected chi connectivity index (χ4v) is 2.38. The summed E-state index contributed by atoms with van der Waals surface area (Å²) in [5, 5.41) is 20.8. The predicted molar refractivity (Wildman–Crippen MR) is 72.2 cm³/mol. The van der Waals surface area contributed by atoms with Gasteiger partial charge in [0.05, 0.1) is 10.5 Å². The first-order valence-corrected chi connectivity index (χ1v) is 6.51. The van der Waals surface area contributed by atoms with Crippen molar-refractivity contribution in [3.05, 3.63) is 33.9 Å². The minimum absolute atomic E-state index is 0.00192. The number of nitrogens with zero attached hydrogens (tertiary/aromatic N) is 3. The second-order valence-corrected chi connectivity index (χ2v) is 4.74. The van der Waals surface area contributed by atoms with E-state index in [1.54, 1.807) is 0 Å². The highest BCUT2D eigenvalue weighted by Gasteiger charge is 2.22. The molecule has 1 aliphatic heterocycles. The Bertz CT molecular complexity index is 456. The minimum atomic E-state index is -0.433. The average Bonchev–Trinajstić information content (AvgIpc) is 2.41. The molecule has 0 bridgehead atoms. The number of likely N-dealkylation sites (N-methyl/N-ethyl adjacent to an activating group) is 1. The van der Waals surface area contributed by atoms with E-state index in [1.807, 2.05) is 0 Å². The molecule has 0 unspecified atom stereocenters. The molecule has 6 nitrogen and oxygen atoms in total. The van der Waals surface area contributed by atoms with Gasteiger partial charge in [-0.15, -0.1) is 0 Å². The predicted octanol–water partition coefficient (Wildman–Crippen LogP) is 1.44. The van der Waals surface area contributed by atoms with Crippen molar-refractivity contribution in [2.45, 2.75) is 13.5 Å². The van der Waals surface area contributed by atoms with Crippen molar-refractivity contribution < 1.29 is 10.0 Å². The molecule has 0 spiro atoms. The van der Waals surface area contributed by atoms with Crippen molar-refractivity contribution in [1.82, 2.24) is 9.80 Å². The van der Waals surface area contributed by atoms with Crippen LogP contribution in [0, 0.1) is 10.1 Å². The average molecular weight is 265 g/mol. The molecule has 104 valence electrons. The number of hydrogen-bond acceptors (Lipinski definition) is 5. The highest BCUT2D eigenvalue weighted by atomic mass is 16.6. The first-order chi connectivity index (χ1) is 9.11. The number of hydrogen-bond donors (Lipinski definition) is 1. The largest absolute Gasteiger partial charge is 0.507 e. The van der Waals surface area contributed by atoms with E-state index in [-0.39, 0.29) is 11.4 Å². The van der Waals surface area contributed by atoms with E-state index in [4.69, 9.17) is 0 Å². The van der Waals surface area contributed by atoms with Gasteiger partial charge in [-0.05, 0) is 12.6 Å². The van der Waals surface area contributed by atoms with Gasteiger partial charge in [0.15, 0.2) is 0 Å². The van der Waals surface area contributed by atoms with Crippen LogP contribution in [0.5, 0.6) is 5.75 Å². The first kappa shape index (κ1) is 13.8. The molecule has 2 rings (SSSR count). The molecule has 1 saturated heterocycles. The van der Waals surface area contributed by atoms with Gasteiger partial charge in [-0.3, -0.25) is 15.0 Å². The number of nitro benzene ring substituents is 1. The van der Waals surface area contributed by atoms with Crippen molar-refractivity contribution in [2.75, 3.05) is 32.7 Å². The molecule has 1 aliphatic rings. The summed E-state index contributed by atoms with van der Waals surface area (Å²) in [6.07, 6.45) is 0. The monoisotopic (exact) mass is 265 g/mol. The Morgan fingerprint density at radius 1 is 1.26 bits per heavy atom. The van der Waals surface area contributed by atoms with Gasteiger partial charge in [-0.25, -0.2) is 0 Å². The molecular weight excluding hydrogens is 246 g/mol. The van der Waals surface area contributed by atoms with Crippen LogP contribution in [0.2, 0.25) is 0 Å². The molecular formula is C13H19N3O3. The Labute approximate surface area is 112 Å². The lowest BCUT2D eigenvalue weighted by molar-refractivity contribution is -0.385. The summed E-state index contributed by atoms with van der Waals surface area (Å²) in [6.45, 7) is 7.28. The van der Waals surface area contributed by atoms with Crippen LogP contribution in [0.1, 0.15) is 12.5 Å². The smallest absolute Gasteiger partial charge is 0.277 e. The number of phenolic OH excluding ortho intramolecular Hbond substituents is 1. The highest BCUT2D eigenvalue weighted by Crippen LogP contribution is 2.28. The highest BCUT2D eigenvalue weighted by molar-refractivity contribution is 5.48. The number of benzene rings is 1. The van der Waals surface area contributed by atoms with Crippen LogP contribution in [-0.2, 0) is 6.54 Å². The first-order valence-electron chi connectivity index (χ1n) is 6.51. The van der Waals surface area contributed by atoms with Gasteiger partial charge in [0.1, 0.15) is 5.75 Å². The van der Waals surface area contributed by atoms with Crippen LogP contribution in [0.25, 0.3) is 0 Å². The minimum Gasteiger partial charge on any atom is -0.507 e. The molecule has 0 atom stereocenters. The maximum Gasteiger partial charge on any atom is 0.277 e. The van der Waals surface area contributed by atoms with Gasteiger partial charge in [0, 0.05) is 38.8 Å². The lowest BCUT2D eigenvalue weighted by atomic mass is 10.1. The molecule has 1 fully saturated rings. The number of phenols is 1. The van der Waals surface area contributed by atoms with Crippen LogP contribution >= 0.6 is 0 Å². The molecule has 0 saturated carbocycles. The van der Waals surface area contributed by atoms with E-state index in [2.05, 4.69) is 16.7 Å². The zero-order valence-electron chi connectivity index (χ0n) is 11.1. The lowest BCUT2D eigenvalue weighted by Gasteiger charge is -2.33. The second kappa shape index (κ2) is 5.99. The topological polar surface area (TPSA) is 69.8 Å². The Kier molecular flexibility index (Phi) is 4.34. The fraction of sp³-hybridized carbons (Fsp3) is 0.538. The summed E-state index contributed by atoms with van der Waals surface area (Å²) >= 11 is 0. The number of piperazine rings is 1. The summed E-state index contributed by atoms with van der Waals surface area (Å²) in [6, 6.07) is 4.45. The standard InChI is InChI=1S/C13H19N3O3/c1-2-14-6-8-15(9-7-14)10-11-12(16(18)19)4-3-5-13(11)17/h3-5,17H,2,6-10H2,1H3. The van der Waals surface area contributed by atoms with Gasteiger partial charge in [0.25, 0.3) is 5.69 Å². The van der Waals surface area contributed by atoms with E-state index < -0.39 is 4.92 Å². The number of aromatic hydroxyl groups is 1. The Hall–Kier alpha value is -1.66. The Morgan fingerprint density at radius 3 is 2.47 bits per heavy atom. The molecule has 0 aliphatic carbocycles. The van der Waals surface area contributed by atoms with Crippen LogP contribution in [-0.4, -0.2) is 52.6 Å². The number of nitro groups is 1. The molecule has 1 heterocycles. The maximum atomic E-state index is 11.0. The summed E-state index contributed by atoms with van der Waals surface area (Å²) in [4.78, 5) is 15.0. The van der Waals surface area contributed by atoms with Gasteiger partial charge in [-0.1, -0.05) is 13.0 Å². The third-order valence-corrected chi connectivity index (χ3v) is 3.62. The van der Waals surface area contributed by atoms with Gasteiger partial charge < -0.3 is 10.0 Å². The van der Waals surface area contributed by atoms with Gasteiger partial charge in [0.2, 0.25) is 0 Å². The molecule has 1 aromatic rings. The zero-order chi connectivity index (χ0) is 13.8. The van der Waals surface area contributed by atoms with Crippen LogP contribution < -0.4 is 0 Å². The summed E-state index contributed by atoms with van der Waals surface area (Å²) in [5.74, 6) is 0.00659. The normalized spacial score (nSPS) is 17.5. The van der Waals surface area contributed by atoms with Crippen molar-refractivity contribution in [1.29, 1.82) is 0 Å². The van der Waals surface area contributed by atoms with Crippen LogP contribution in [0.3, 0.4) is 0 Å². The van der Waals surface area contributed by atoms with Gasteiger partial charge >= 0.3 is 0 Å². The Balaban J connectivity index is 2.09. The zero-order valence-corrected chi connectivity index (χ0v) is 11.1. The van der Waals surface area contributed by atoms with E-state index in [9.17, 15) is 15.2 Å². The van der Waals surface area contributed by atoms with E-state index in [0.29, 0.717) is 12.1 Å².